The molecule has 0 radical (unpaired) electrons. The molecule has 1 aromatic rings. The Hall–Kier alpha value is -1.20. The van der Waals surface area contributed by atoms with Crippen molar-refractivity contribution in [2.24, 2.45) is 0 Å². The molecule has 0 amide bonds. The van der Waals surface area contributed by atoms with Crippen molar-refractivity contribution in [3.05, 3.63) is 18.1 Å². The van der Waals surface area contributed by atoms with E-state index in [0.717, 1.165) is 44.4 Å². The maximum absolute atomic E-state index is 5.95. The minimum atomic E-state index is -0.124. The molecule has 1 spiro atoms. The number of ether oxygens (including phenoxy) is 2. The van der Waals surface area contributed by atoms with Crippen molar-refractivity contribution < 1.29 is 9.47 Å². The molecule has 104 valence electrons. The Balaban J connectivity index is 1.79. The lowest BCUT2D eigenvalue weighted by Crippen LogP contribution is -2.52. The van der Waals surface area contributed by atoms with E-state index in [2.05, 4.69) is 28.7 Å². The molecule has 0 N–H and O–H groups in total. The third-order valence-corrected chi connectivity index (χ3v) is 3.82. The Bertz CT molecular complexity index is 444. The molecule has 3 heterocycles. The van der Waals surface area contributed by atoms with Gasteiger partial charge in [-0.2, -0.15) is 0 Å². The topological polar surface area (TPSA) is 47.5 Å². The van der Waals surface area contributed by atoms with Crippen LogP contribution in [0, 0.1) is 0 Å². The maximum Gasteiger partial charge on any atom is 0.133 e. The zero-order valence-electron chi connectivity index (χ0n) is 11.6. The van der Waals surface area contributed by atoms with Crippen LogP contribution >= 0.6 is 0 Å². The van der Waals surface area contributed by atoms with E-state index < -0.39 is 0 Å². The van der Waals surface area contributed by atoms with E-state index in [1.54, 1.807) is 0 Å². The zero-order chi connectivity index (χ0) is 13.3. The van der Waals surface area contributed by atoms with Crippen LogP contribution in [-0.4, -0.2) is 48.5 Å². The minimum Gasteiger partial charge on any atom is -0.378 e. The number of hydrogen-bond acceptors (Lipinski definition) is 5. The molecule has 19 heavy (non-hydrogen) atoms. The predicted molar refractivity (Wildman–Crippen MR) is 72.5 cm³/mol. The van der Waals surface area contributed by atoms with Gasteiger partial charge in [0, 0.05) is 31.7 Å². The second-order valence-electron chi connectivity index (χ2n) is 5.68. The Morgan fingerprint density at radius 2 is 2.26 bits per heavy atom. The maximum atomic E-state index is 5.95. The summed E-state index contributed by atoms with van der Waals surface area (Å²) in [5.41, 5.74) is -0.124. The lowest BCUT2D eigenvalue weighted by molar-refractivity contribution is -0.0581. The average molecular weight is 263 g/mol. The highest BCUT2D eigenvalue weighted by Crippen LogP contribution is 2.29. The van der Waals surface area contributed by atoms with Gasteiger partial charge in [-0.1, -0.05) is 13.8 Å². The Morgan fingerprint density at radius 3 is 3.00 bits per heavy atom. The summed E-state index contributed by atoms with van der Waals surface area (Å²) >= 11 is 0. The third kappa shape index (κ3) is 2.58. The van der Waals surface area contributed by atoms with Crippen LogP contribution in [0.4, 0.5) is 5.82 Å². The molecular formula is C14H21N3O2. The van der Waals surface area contributed by atoms with Gasteiger partial charge in [0.1, 0.15) is 17.2 Å². The standard InChI is InChI=1S/C14H21N3O2/c1-11(2)13-15-5-3-12(16-13)17-6-8-19-14(9-17)4-7-18-10-14/h3,5,11H,4,6-10H2,1-2H3. The third-order valence-electron chi connectivity index (χ3n) is 3.82. The molecule has 0 aliphatic carbocycles. The fourth-order valence-corrected chi connectivity index (χ4v) is 2.69. The SMILES string of the molecule is CC(C)c1nccc(N2CCOC3(CCOC3)C2)n1. The van der Waals surface area contributed by atoms with E-state index >= 15 is 0 Å². The van der Waals surface area contributed by atoms with Crippen LogP contribution in [0.15, 0.2) is 12.3 Å². The summed E-state index contributed by atoms with van der Waals surface area (Å²) < 4.78 is 11.4. The molecule has 2 aliphatic heterocycles. The fraction of sp³-hybridized carbons (Fsp3) is 0.714. The highest BCUT2D eigenvalue weighted by Gasteiger charge is 2.40. The number of aromatic nitrogens is 2. The van der Waals surface area contributed by atoms with E-state index in [1.807, 2.05) is 12.3 Å². The second kappa shape index (κ2) is 5.06. The van der Waals surface area contributed by atoms with E-state index in [1.165, 1.54) is 0 Å². The molecule has 0 bridgehead atoms. The molecule has 0 saturated carbocycles. The van der Waals surface area contributed by atoms with Gasteiger partial charge in [-0.15, -0.1) is 0 Å². The van der Waals surface area contributed by atoms with E-state index in [0.29, 0.717) is 12.5 Å². The van der Waals surface area contributed by atoms with Gasteiger partial charge < -0.3 is 14.4 Å². The van der Waals surface area contributed by atoms with E-state index in [-0.39, 0.29) is 5.60 Å². The largest absolute Gasteiger partial charge is 0.378 e. The van der Waals surface area contributed by atoms with Crippen molar-refractivity contribution in [1.82, 2.24) is 9.97 Å². The van der Waals surface area contributed by atoms with Crippen molar-refractivity contribution in [2.45, 2.75) is 31.8 Å². The highest BCUT2D eigenvalue weighted by molar-refractivity contribution is 5.39. The van der Waals surface area contributed by atoms with Crippen molar-refractivity contribution in [2.75, 3.05) is 37.8 Å². The van der Waals surface area contributed by atoms with Crippen LogP contribution in [0.2, 0.25) is 0 Å². The first-order valence-electron chi connectivity index (χ1n) is 6.98. The molecular weight excluding hydrogens is 242 g/mol. The first-order chi connectivity index (χ1) is 9.19. The lowest BCUT2D eigenvalue weighted by atomic mass is 10.0. The van der Waals surface area contributed by atoms with Crippen LogP contribution in [-0.2, 0) is 9.47 Å². The Labute approximate surface area is 113 Å². The van der Waals surface area contributed by atoms with Crippen molar-refractivity contribution in [1.29, 1.82) is 0 Å². The predicted octanol–water partition coefficient (Wildman–Crippen LogP) is 1.60. The number of nitrogens with zero attached hydrogens (tertiary/aromatic N) is 3. The van der Waals surface area contributed by atoms with Crippen molar-refractivity contribution in [3.8, 4) is 0 Å². The van der Waals surface area contributed by atoms with E-state index in [4.69, 9.17) is 9.47 Å². The quantitative estimate of drug-likeness (QED) is 0.811. The molecule has 3 rings (SSSR count). The van der Waals surface area contributed by atoms with Crippen molar-refractivity contribution in [3.63, 3.8) is 0 Å². The van der Waals surface area contributed by atoms with Gasteiger partial charge in [-0.05, 0) is 6.07 Å². The molecule has 0 aromatic carbocycles. The summed E-state index contributed by atoms with van der Waals surface area (Å²) in [6.07, 6.45) is 2.83. The average Bonchev–Trinajstić information content (AvgIpc) is 2.87. The van der Waals surface area contributed by atoms with Crippen LogP contribution in [0.5, 0.6) is 0 Å². The number of anilines is 1. The summed E-state index contributed by atoms with van der Waals surface area (Å²) in [5.74, 6) is 2.26. The van der Waals surface area contributed by atoms with Gasteiger partial charge >= 0.3 is 0 Å². The lowest BCUT2D eigenvalue weighted by Gasteiger charge is -2.40. The zero-order valence-corrected chi connectivity index (χ0v) is 11.6. The molecule has 2 fully saturated rings. The number of morpholine rings is 1. The second-order valence-corrected chi connectivity index (χ2v) is 5.68. The van der Waals surface area contributed by atoms with Crippen LogP contribution in [0.25, 0.3) is 0 Å². The van der Waals surface area contributed by atoms with Gasteiger partial charge in [0.15, 0.2) is 0 Å². The molecule has 5 heteroatoms. The number of hydrogen-bond donors (Lipinski definition) is 0. The fourth-order valence-electron chi connectivity index (χ4n) is 2.69. The highest BCUT2D eigenvalue weighted by atomic mass is 16.6. The Kier molecular flexibility index (Phi) is 3.41. The summed E-state index contributed by atoms with van der Waals surface area (Å²) in [7, 11) is 0. The summed E-state index contributed by atoms with van der Waals surface area (Å²) in [5, 5.41) is 0. The minimum absolute atomic E-state index is 0.124. The molecule has 2 aliphatic rings. The van der Waals surface area contributed by atoms with Crippen LogP contribution < -0.4 is 4.90 Å². The monoisotopic (exact) mass is 263 g/mol. The number of rotatable bonds is 2. The smallest absolute Gasteiger partial charge is 0.133 e. The van der Waals surface area contributed by atoms with Gasteiger partial charge in [-0.3, -0.25) is 0 Å². The van der Waals surface area contributed by atoms with Gasteiger partial charge in [0.2, 0.25) is 0 Å². The first kappa shape index (κ1) is 12.8. The molecule has 1 atom stereocenters. The van der Waals surface area contributed by atoms with Crippen LogP contribution in [0.1, 0.15) is 32.0 Å². The molecule has 1 unspecified atom stereocenters. The first-order valence-corrected chi connectivity index (χ1v) is 6.98. The van der Waals surface area contributed by atoms with E-state index in [9.17, 15) is 0 Å². The normalized spacial score (nSPS) is 27.4. The molecule has 2 saturated heterocycles. The summed E-state index contributed by atoms with van der Waals surface area (Å²) in [6.45, 7) is 8.22. The van der Waals surface area contributed by atoms with Gasteiger partial charge in [0.05, 0.1) is 19.8 Å². The summed E-state index contributed by atoms with van der Waals surface area (Å²) in [4.78, 5) is 11.3. The molecule has 1 aromatic heterocycles. The van der Waals surface area contributed by atoms with Gasteiger partial charge in [0.25, 0.3) is 0 Å². The van der Waals surface area contributed by atoms with Crippen molar-refractivity contribution >= 4 is 5.82 Å². The molecule has 5 nitrogen and oxygen atoms in total. The van der Waals surface area contributed by atoms with Gasteiger partial charge in [-0.25, -0.2) is 9.97 Å². The van der Waals surface area contributed by atoms with Crippen LogP contribution in [0.3, 0.4) is 0 Å². The summed E-state index contributed by atoms with van der Waals surface area (Å²) in [6, 6.07) is 1.99. The Morgan fingerprint density at radius 1 is 1.37 bits per heavy atom.